The molecule has 45 heavy (non-hydrogen) atoms. The molecule has 13 heteroatoms. The van der Waals surface area contributed by atoms with Gasteiger partial charge in [0.15, 0.2) is 5.82 Å². The van der Waals surface area contributed by atoms with Crippen LogP contribution in [-0.2, 0) is 30.0 Å². The Kier molecular flexibility index (Phi) is 11.2. The molecule has 11 nitrogen and oxygen atoms in total. The lowest BCUT2D eigenvalue weighted by molar-refractivity contribution is -0.158. The van der Waals surface area contributed by atoms with Crippen molar-refractivity contribution < 1.29 is 27.9 Å². The highest BCUT2D eigenvalue weighted by Gasteiger charge is 2.38. The first-order valence-electron chi connectivity index (χ1n) is 15.1. The first kappa shape index (κ1) is 34.7. The van der Waals surface area contributed by atoms with Gasteiger partial charge in [0.25, 0.3) is 0 Å². The summed E-state index contributed by atoms with van der Waals surface area (Å²) in [5, 5.41) is 4.24. The van der Waals surface area contributed by atoms with Gasteiger partial charge in [-0.05, 0) is 70.4 Å². The Morgan fingerprint density at radius 2 is 1.78 bits per heavy atom. The van der Waals surface area contributed by atoms with Gasteiger partial charge in [0.1, 0.15) is 35.3 Å². The molecule has 0 aliphatic carbocycles. The molecule has 2 heterocycles. The fourth-order valence-corrected chi connectivity index (χ4v) is 6.67. The molecule has 0 saturated heterocycles. The normalized spacial score (nSPS) is 14.9. The lowest BCUT2D eigenvalue weighted by Gasteiger charge is -2.30. The highest BCUT2D eigenvalue weighted by molar-refractivity contribution is 7.52. The maximum atomic E-state index is 14.6. The van der Waals surface area contributed by atoms with Crippen LogP contribution in [0, 0.1) is 5.92 Å². The topological polar surface area (TPSA) is 140 Å². The Morgan fingerprint density at radius 1 is 1.09 bits per heavy atom. The molecule has 2 aromatic heterocycles. The Hall–Kier alpha value is -3.21. The number of carbonyl (C=O) groups is 1. The number of ether oxygens (including phenoxy) is 2. The predicted octanol–water partition coefficient (Wildman–Crippen LogP) is 7.47. The van der Waals surface area contributed by atoms with Gasteiger partial charge in [-0.2, -0.15) is 5.09 Å². The first-order chi connectivity index (χ1) is 21.2. The Labute approximate surface area is 269 Å². The molecule has 0 saturated carbocycles. The molecule has 0 bridgehead atoms. The van der Waals surface area contributed by atoms with Crippen molar-refractivity contribution in [1.82, 2.24) is 19.6 Å². The van der Waals surface area contributed by atoms with Crippen molar-refractivity contribution in [3.8, 4) is 5.75 Å². The van der Waals surface area contributed by atoms with Crippen molar-refractivity contribution in [3.05, 3.63) is 59.4 Å². The zero-order valence-corrected chi connectivity index (χ0v) is 28.5. The molecule has 0 aliphatic rings. The maximum absolute atomic E-state index is 14.6. The summed E-state index contributed by atoms with van der Waals surface area (Å²) in [6.45, 7) is 13.5. The van der Waals surface area contributed by atoms with Crippen molar-refractivity contribution in [3.63, 3.8) is 0 Å². The average Bonchev–Trinajstić information content (AvgIpc) is 3.36. The smallest absolute Gasteiger partial charge is 0.459 e. The molecule has 0 radical (unpaired) electrons. The summed E-state index contributed by atoms with van der Waals surface area (Å²) in [5.41, 5.74) is 7.68. The number of rotatable bonds is 14. The van der Waals surface area contributed by atoms with Crippen LogP contribution in [0.1, 0.15) is 66.8 Å². The number of aromatic nitrogens is 3. The van der Waals surface area contributed by atoms with Gasteiger partial charge >= 0.3 is 13.7 Å². The third-order valence-electron chi connectivity index (χ3n) is 7.00. The summed E-state index contributed by atoms with van der Waals surface area (Å²) < 4.78 is 40.2. The molecule has 4 rings (SSSR count). The van der Waals surface area contributed by atoms with E-state index in [1.807, 2.05) is 56.5 Å². The van der Waals surface area contributed by atoms with Crippen molar-refractivity contribution in [2.75, 3.05) is 18.9 Å². The van der Waals surface area contributed by atoms with Crippen LogP contribution < -0.4 is 15.3 Å². The summed E-state index contributed by atoms with van der Waals surface area (Å²) in [5.74, 6) is 0.311. The molecule has 0 fully saturated rings. The van der Waals surface area contributed by atoms with Gasteiger partial charge < -0.3 is 24.3 Å². The number of hydrogen-bond donors (Lipinski definition) is 2. The highest BCUT2D eigenvalue weighted by Crippen LogP contribution is 2.47. The molecule has 0 spiro atoms. The SMILES string of the molecule is CCOCc1nc2c(N)nc3ccccc3c2n1[C@H](CC)COP(=O)(N[C@H](C(=O)OC(C)(C)C)C(C)C)Oc1ccc(Cl)cc1. The minimum absolute atomic E-state index is 0.0609. The van der Waals surface area contributed by atoms with E-state index in [0.29, 0.717) is 35.2 Å². The molecule has 244 valence electrons. The lowest BCUT2D eigenvalue weighted by atomic mass is 10.1. The summed E-state index contributed by atoms with van der Waals surface area (Å²) >= 11 is 6.08. The molecular weight excluding hydrogens is 617 g/mol. The van der Waals surface area contributed by atoms with E-state index in [1.54, 1.807) is 45.0 Å². The Morgan fingerprint density at radius 3 is 2.40 bits per heavy atom. The fourth-order valence-electron chi connectivity index (χ4n) is 4.85. The van der Waals surface area contributed by atoms with E-state index in [0.717, 1.165) is 16.4 Å². The second-order valence-corrected chi connectivity index (χ2v) is 14.2. The van der Waals surface area contributed by atoms with Gasteiger partial charge in [0.2, 0.25) is 0 Å². The van der Waals surface area contributed by atoms with Crippen LogP contribution in [0.25, 0.3) is 21.9 Å². The van der Waals surface area contributed by atoms with Gasteiger partial charge in [-0.25, -0.2) is 14.5 Å². The number of anilines is 1. The number of nitrogen functional groups attached to an aromatic ring is 1. The monoisotopic (exact) mass is 659 g/mol. The maximum Gasteiger partial charge on any atom is 0.459 e. The van der Waals surface area contributed by atoms with E-state index in [-0.39, 0.29) is 30.9 Å². The number of nitrogens with two attached hydrogens (primary N) is 1. The lowest BCUT2D eigenvalue weighted by Crippen LogP contribution is -2.44. The number of fused-ring (bicyclic) bond motifs is 3. The second kappa shape index (κ2) is 14.5. The molecular formula is C32H43ClN5O6P. The molecule has 0 aliphatic heterocycles. The van der Waals surface area contributed by atoms with E-state index in [1.165, 1.54) is 0 Å². The van der Waals surface area contributed by atoms with Crippen LogP contribution in [0.15, 0.2) is 48.5 Å². The summed E-state index contributed by atoms with van der Waals surface area (Å²) in [6, 6.07) is 12.7. The summed E-state index contributed by atoms with van der Waals surface area (Å²) in [7, 11) is -4.20. The minimum Gasteiger partial charge on any atom is -0.459 e. The van der Waals surface area contributed by atoms with Gasteiger partial charge in [0.05, 0.1) is 23.7 Å². The number of nitrogens with zero attached hydrogens (tertiary/aromatic N) is 3. The molecule has 0 amide bonds. The van der Waals surface area contributed by atoms with E-state index >= 15 is 0 Å². The van der Waals surface area contributed by atoms with Crippen LogP contribution in [0.5, 0.6) is 5.75 Å². The summed E-state index contributed by atoms with van der Waals surface area (Å²) in [4.78, 5) is 22.6. The number of nitrogens with one attached hydrogen (secondary N) is 1. The van der Waals surface area contributed by atoms with E-state index in [4.69, 9.17) is 40.8 Å². The molecule has 4 aromatic rings. The third-order valence-corrected chi connectivity index (χ3v) is 8.79. The standard InChI is InChI=1S/C32H43ClN5O6P/c1-8-22(38-26(19-41-9-2)36-28-29(38)24-12-10-11-13-25(24)35-30(28)34)18-42-45(40,44-23-16-14-21(33)15-17-23)37-27(20(3)4)31(39)43-32(5,6)7/h10-17,20,22,27H,8-9,18-19H2,1-7H3,(H2,34,35)(H,37,40)/t22-,27+,45?/m1/s1. The van der Waals surface area contributed by atoms with Crippen molar-refractivity contribution in [2.45, 2.75) is 79.2 Å². The van der Waals surface area contributed by atoms with Gasteiger partial charge in [0, 0.05) is 17.0 Å². The second-order valence-electron chi connectivity index (χ2n) is 12.0. The zero-order chi connectivity index (χ0) is 32.9. The molecule has 3 atom stereocenters. The number of esters is 1. The van der Waals surface area contributed by atoms with Crippen LogP contribution >= 0.6 is 19.3 Å². The highest BCUT2D eigenvalue weighted by atomic mass is 35.5. The third kappa shape index (κ3) is 8.54. The minimum atomic E-state index is -4.20. The number of pyridine rings is 1. The van der Waals surface area contributed by atoms with Crippen LogP contribution in [0.3, 0.4) is 0 Å². The van der Waals surface area contributed by atoms with Gasteiger partial charge in [-0.15, -0.1) is 0 Å². The quantitative estimate of drug-likeness (QED) is 0.103. The molecule has 2 aromatic carbocycles. The van der Waals surface area contributed by atoms with Crippen LogP contribution in [0.4, 0.5) is 5.82 Å². The summed E-state index contributed by atoms with van der Waals surface area (Å²) in [6.07, 6.45) is 0.571. The van der Waals surface area contributed by atoms with Crippen LogP contribution in [0.2, 0.25) is 5.02 Å². The molecule has 3 N–H and O–H groups in total. The number of carbonyl (C=O) groups excluding carboxylic acids is 1. The Balaban J connectivity index is 1.75. The van der Waals surface area contributed by atoms with E-state index in [9.17, 15) is 9.36 Å². The molecule has 1 unspecified atom stereocenters. The van der Waals surface area contributed by atoms with E-state index < -0.39 is 25.4 Å². The van der Waals surface area contributed by atoms with Crippen molar-refractivity contribution in [1.29, 1.82) is 0 Å². The average molecular weight is 660 g/mol. The van der Waals surface area contributed by atoms with Gasteiger partial charge in [-0.3, -0.25) is 9.32 Å². The zero-order valence-electron chi connectivity index (χ0n) is 26.9. The van der Waals surface area contributed by atoms with Crippen molar-refractivity contribution >= 4 is 53.1 Å². The predicted molar refractivity (Wildman–Crippen MR) is 177 cm³/mol. The number of halogens is 1. The number of imidazole rings is 1. The first-order valence-corrected chi connectivity index (χ1v) is 17.0. The van der Waals surface area contributed by atoms with Crippen molar-refractivity contribution in [2.24, 2.45) is 5.92 Å². The number of benzene rings is 2. The van der Waals surface area contributed by atoms with Gasteiger partial charge in [-0.1, -0.05) is 50.6 Å². The Bertz CT molecular complexity index is 1670. The number of para-hydroxylation sites is 1. The van der Waals surface area contributed by atoms with E-state index in [2.05, 4.69) is 10.1 Å². The largest absolute Gasteiger partial charge is 0.459 e. The van der Waals surface area contributed by atoms with Crippen LogP contribution in [-0.4, -0.2) is 45.4 Å². The fraction of sp³-hybridized carbons (Fsp3) is 0.469. The number of hydrogen-bond acceptors (Lipinski definition) is 9.